The second-order valence-electron chi connectivity index (χ2n) is 6.22. The van der Waals surface area contributed by atoms with Gasteiger partial charge in [0.25, 0.3) is 0 Å². The van der Waals surface area contributed by atoms with Crippen LogP contribution in [0, 0.1) is 0 Å². The quantitative estimate of drug-likeness (QED) is 0.227. The number of unbranched alkanes of at least 4 members (excludes halogenated alkanes) is 11. The van der Waals surface area contributed by atoms with Gasteiger partial charge in [0.15, 0.2) is 0 Å². The van der Waals surface area contributed by atoms with Crippen molar-refractivity contribution in [1.29, 1.82) is 0 Å². The Morgan fingerprint density at radius 1 is 0.833 bits per heavy atom. The maximum atomic E-state index is 11.0. The van der Waals surface area contributed by atoms with E-state index in [9.17, 15) is 13.2 Å². The average molecular weight is 363 g/mol. The molecule has 0 heterocycles. The zero-order valence-electron chi connectivity index (χ0n) is 15.0. The van der Waals surface area contributed by atoms with Gasteiger partial charge in [-0.15, -0.1) is 0 Å². The molecule has 0 aliphatic heterocycles. The minimum atomic E-state index is -4.65. The van der Waals surface area contributed by atoms with Gasteiger partial charge >= 0.3 is 16.4 Å². The number of hydrogen-bond donors (Lipinski definition) is 1. The van der Waals surface area contributed by atoms with Crippen molar-refractivity contribution < 1.29 is 21.9 Å². The fourth-order valence-electron chi connectivity index (χ4n) is 2.50. The van der Waals surface area contributed by atoms with E-state index >= 15 is 0 Å². The highest BCUT2D eigenvalue weighted by atomic mass is 32.3. The molecular formula is C18H34O5S. The molecule has 0 aromatic carbocycles. The number of hydrogen-bond acceptors (Lipinski definition) is 4. The van der Waals surface area contributed by atoms with Crippen LogP contribution < -0.4 is 0 Å². The van der Waals surface area contributed by atoms with Gasteiger partial charge in [0.05, 0.1) is 0 Å². The van der Waals surface area contributed by atoms with E-state index in [2.05, 4.69) is 23.3 Å². The molecule has 1 N–H and O–H groups in total. The number of carbonyl (C=O) groups excluding carboxylic acids is 1. The van der Waals surface area contributed by atoms with E-state index in [-0.39, 0.29) is 6.42 Å². The fraction of sp³-hybridized carbons (Fsp3) is 0.833. The standard InChI is InChI=1S/C18H34O5S/c1-2-3-4-5-6-7-8-9-10-11-12-13-14-15-16-17-18(19)23-24(20,21)22/h9-10H,2-8,11-17H2,1H3,(H,20,21,22). The lowest BCUT2D eigenvalue weighted by Gasteiger charge is -2.01. The topological polar surface area (TPSA) is 80.7 Å². The molecule has 24 heavy (non-hydrogen) atoms. The Morgan fingerprint density at radius 3 is 1.79 bits per heavy atom. The van der Waals surface area contributed by atoms with Crippen molar-refractivity contribution >= 4 is 16.4 Å². The second-order valence-corrected chi connectivity index (χ2v) is 7.24. The summed E-state index contributed by atoms with van der Waals surface area (Å²) >= 11 is 0. The summed E-state index contributed by atoms with van der Waals surface area (Å²) < 4.78 is 32.8. The summed E-state index contributed by atoms with van der Waals surface area (Å²) in [5.41, 5.74) is 0. The molecule has 142 valence electrons. The molecule has 0 saturated heterocycles. The van der Waals surface area contributed by atoms with Crippen molar-refractivity contribution in [2.24, 2.45) is 0 Å². The summed E-state index contributed by atoms with van der Waals surface area (Å²) in [5, 5.41) is 0. The molecule has 5 nitrogen and oxygen atoms in total. The van der Waals surface area contributed by atoms with Gasteiger partial charge in [-0.25, -0.2) is 0 Å². The van der Waals surface area contributed by atoms with Crippen LogP contribution in [0.4, 0.5) is 0 Å². The molecule has 0 fully saturated rings. The Morgan fingerprint density at radius 2 is 1.29 bits per heavy atom. The average Bonchev–Trinajstić information content (AvgIpc) is 2.49. The highest BCUT2D eigenvalue weighted by Crippen LogP contribution is 2.10. The molecule has 0 atom stereocenters. The van der Waals surface area contributed by atoms with Gasteiger partial charge < -0.3 is 4.18 Å². The Balaban J connectivity index is 3.27. The van der Waals surface area contributed by atoms with E-state index in [1.54, 1.807) is 0 Å². The van der Waals surface area contributed by atoms with Crippen molar-refractivity contribution in [3.05, 3.63) is 12.2 Å². The maximum absolute atomic E-state index is 11.0. The summed E-state index contributed by atoms with van der Waals surface area (Å²) in [7, 11) is -4.65. The maximum Gasteiger partial charge on any atom is 0.448 e. The molecule has 0 aliphatic carbocycles. The first-order valence-corrected chi connectivity index (χ1v) is 10.7. The van der Waals surface area contributed by atoms with E-state index in [1.807, 2.05) is 0 Å². The molecule has 0 bridgehead atoms. The van der Waals surface area contributed by atoms with Crippen molar-refractivity contribution in [1.82, 2.24) is 0 Å². The van der Waals surface area contributed by atoms with Crippen LogP contribution in [0.5, 0.6) is 0 Å². The minimum Gasteiger partial charge on any atom is -0.325 e. The van der Waals surface area contributed by atoms with Crippen LogP contribution in [0.15, 0.2) is 12.2 Å². The van der Waals surface area contributed by atoms with E-state index in [0.717, 1.165) is 32.1 Å². The van der Waals surface area contributed by atoms with Crippen LogP contribution in [0.25, 0.3) is 0 Å². The summed E-state index contributed by atoms with van der Waals surface area (Å²) in [6.07, 6.45) is 19.6. The summed E-state index contributed by atoms with van der Waals surface area (Å²) in [4.78, 5) is 11.0. The van der Waals surface area contributed by atoms with Gasteiger partial charge in [-0.05, 0) is 32.1 Å². The van der Waals surface area contributed by atoms with E-state index in [0.29, 0.717) is 6.42 Å². The van der Waals surface area contributed by atoms with Crippen LogP contribution in [0.1, 0.15) is 96.8 Å². The zero-order valence-corrected chi connectivity index (χ0v) is 15.9. The number of allylic oxidation sites excluding steroid dienone is 2. The van der Waals surface area contributed by atoms with Crippen molar-refractivity contribution in [2.45, 2.75) is 96.8 Å². The van der Waals surface area contributed by atoms with Crippen molar-refractivity contribution in [2.75, 3.05) is 0 Å². The lowest BCUT2D eigenvalue weighted by molar-refractivity contribution is -0.134. The lowest BCUT2D eigenvalue weighted by atomic mass is 10.1. The third-order valence-corrected chi connectivity index (χ3v) is 4.24. The fourth-order valence-corrected chi connectivity index (χ4v) is 2.82. The molecule has 0 spiro atoms. The van der Waals surface area contributed by atoms with Crippen LogP contribution >= 0.6 is 0 Å². The molecule has 0 aromatic heterocycles. The van der Waals surface area contributed by atoms with Crippen LogP contribution in [0.2, 0.25) is 0 Å². The molecule has 0 unspecified atom stereocenters. The van der Waals surface area contributed by atoms with Crippen LogP contribution in [-0.2, 0) is 19.4 Å². The molecule has 0 amide bonds. The lowest BCUT2D eigenvalue weighted by Crippen LogP contribution is -2.11. The van der Waals surface area contributed by atoms with Gasteiger partial charge in [-0.3, -0.25) is 9.35 Å². The number of carbonyl (C=O) groups is 1. The predicted octanol–water partition coefficient (Wildman–Crippen LogP) is 5.37. The Bertz CT molecular complexity index is 429. The molecule has 0 radical (unpaired) electrons. The normalized spacial score (nSPS) is 11.9. The summed E-state index contributed by atoms with van der Waals surface area (Å²) in [6.45, 7) is 2.24. The largest absolute Gasteiger partial charge is 0.448 e. The molecule has 0 rings (SSSR count). The monoisotopic (exact) mass is 362 g/mol. The van der Waals surface area contributed by atoms with Gasteiger partial charge in [-0.2, -0.15) is 8.42 Å². The molecule has 0 saturated carbocycles. The number of rotatable bonds is 16. The molecule has 0 aliphatic rings. The van der Waals surface area contributed by atoms with Gasteiger partial charge in [-0.1, -0.05) is 70.4 Å². The molecule has 0 aromatic rings. The highest BCUT2D eigenvalue weighted by molar-refractivity contribution is 7.81. The van der Waals surface area contributed by atoms with Crippen LogP contribution in [-0.4, -0.2) is 18.9 Å². The first-order chi connectivity index (χ1) is 11.5. The van der Waals surface area contributed by atoms with E-state index in [4.69, 9.17) is 4.55 Å². The summed E-state index contributed by atoms with van der Waals surface area (Å²) in [6, 6.07) is 0. The first-order valence-electron chi connectivity index (χ1n) is 9.30. The molecular weight excluding hydrogens is 328 g/mol. The minimum absolute atomic E-state index is 0.0257. The Labute approximate surface area is 147 Å². The first kappa shape index (κ1) is 23.1. The third kappa shape index (κ3) is 19.2. The van der Waals surface area contributed by atoms with Gasteiger partial charge in [0.1, 0.15) is 0 Å². The van der Waals surface area contributed by atoms with E-state index in [1.165, 1.54) is 44.9 Å². The van der Waals surface area contributed by atoms with Crippen molar-refractivity contribution in [3.8, 4) is 0 Å². The second kappa shape index (κ2) is 15.6. The van der Waals surface area contributed by atoms with E-state index < -0.39 is 16.4 Å². The Hall–Kier alpha value is -0.880. The Kier molecular flexibility index (Phi) is 15.1. The van der Waals surface area contributed by atoms with Crippen molar-refractivity contribution in [3.63, 3.8) is 0 Å². The summed E-state index contributed by atoms with van der Waals surface area (Å²) in [5.74, 6) is -0.893. The van der Waals surface area contributed by atoms with Crippen LogP contribution in [0.3, 0.4) is 0 Å². The highest BCUT2D eigenvalue weighted by Gasteiger charge is 2.12. The SMILES string of the molecule is CCCCCCCCC=CCCCCCCCC(=O)OS(=O)(=O)O. The predicted molar refractivity (Wildman–Crippen MR) is 97.1 cm³/mol. The third-order valence-electron chi connectivity index (χ3n) is 3.84. The molecule has 6 heteroatoms. The zero-order chi connectivity index (χ0) is 18.1. The van der Waals surface area contributed by atoms with Gasteiger partial charge in [0, 0.05) is 6.42 Å². The smallest absolute Gasteiger partial charge is 0.325 e. The van der Waals surface area contributed by atoms with Gasteiger partial charge in [0.2, 0.25) is 0 Å².